The van der Waals surface area contributed by atoms with Gasteiger partial charge in [0.15, 0.2) is 0 Å². The molecule has 2 fully saturated rings. The van der Waals surface area contributed by atoms with Gasteiger partial charge in [0.2, 0.25) is 0 Å². The van der Waals surface area contributed by atoms with Crippen LogP contribution in [0, 0.1) is 0 Å². The number of aryl methyl sites for hydroxylation is 1. The van der Waals surface area contributed by atoms with Gasteiger partial charge in [-0.25, -0.2) is 0 Å². The molecule has 0 radical (unpaired) electrons. The molecule has 3 aliphatic rings. The molecule has 1 saturated carbocycles. The van der Waals surface area contributed by atoms with Crippen LogP contribution < -0.4 is 20.9 Å². The van der Waals surface area contributed by atoms with Crippen molar-refractivity contribution in [3.05, 3.63) is 53.9 Å². The molecule has 3 N–H and O–H groups in total. The molecule has 3 heterocycles. The van der Waals surface area contributed by atoms with Crippen molar-refractivity contribution in [3.8, 4) is 0 Å². The highest BCUT2D eigenvalue weighted by Gasteiger charge is 2.18. The van der Waals surface area contributed by atoms with Gasteiger partial charge in [-0.1, -0.05) is 31.4 Å². The van der Waals surface area contributed by atoms with Crippen LogP contribution in [0.3, 0.4) is 0 Å². The van der Waals surface area contributed by atoms with E-state index < -0.39 is 0 Å². The number of carbonyl (C=O) groups is 2. The van der Waals surface area contributed by atoms with E-state index >= 15 is 0 Å². The summed E-state index contributed by atoms with van der Waals surface area (Å²) in [4.78, 5) is 27.6. The minimum absolute atomic E-state index is 0.167. The number of anilines is 2. The zero-order chi connectivity index (χ0) is 25.6. The smallest absolute Gasteiger partial charge is 0.147 e. The Morgan fingerprint density at radius 1 is 1.06 bits per heavy atom. The fourth-order valence-corrected chi connectivity index (χ4v) is 4.99. The number of likely N-dealkylation sites (N-methyl/N-ethyl adjacent to an activating group) is 1. The molecular formula is C29H43N5O2. The quantitative estimate of drug-likeness (QED) is 0.518. The summed E-state index contributed by atoms with van der Waals surface area (Å²) in [6.07, 6.45) is 17.0. The largest absolute Gasteiger partial charge is 0.385 e. The number of aromatic nitrogens is 1. The average molecular weight is 494 g/mol. The Hall–Kier alpha value is -2.77. The van der Waals surface area contributed by atoms with Crippen LogP contribution in [0.4, 0.5) is 11.4 Å². The lowest BCUT2D eigenvalue weighted by Gasteiger charge is -2.28. The van der Waals surface area contributed by atoms with E-state index in [1.54, 1.807) is 12.4 Å². The molecule has 196 valence electrons. The van der Waals surface area contributed by atoms with Gasteiger partial charge >= 0.3 is 0 Å². The predicted octanol–water partition coefficient (Wildman–Crippen LogP) is 4.29. The normalized spacial score (nSPS) is 19.8. The highest BCUT2D eigenvalue weighted by atomic mass is 16.1. The Kier molecular flexibility index (Phi) is 11.9. The summed E-state index contributed by atoms with van der Waals surface area (Å²) in [5.41, 5.74) is 4.47. The summed E-state index contributed by atoms with van der Waals surface area (Å²) in [5, 5.41) is 9.77. The van der Waals surface area contributed by atoms with Crippen molar-refractivity contribution in [1.29, 1.82) is 0 Å². The second-order valence-corrected chi connectivity index (χ2v) is 9.81. The highest BCUT2D eigenvalue weighted by molar-refractivity contribution is 5.71. The third-order valence-electron chi connectivity index (χ3n) is 7.29. The lowest BCUT2D eigenvalue weighted by atomic mass is 9.96. The summed E-state index contributed by atoms with van der Waals surface area (Å²) in [7, 11) is 4.01. The Balaban J connectivity index is 0.000000196. The summed E-state index contributed by atoms with van der Waals surface area (Å²) in [6, 6.07) is 10.8. The minimum Gasteiger partial charge on any atom is -0.385 e. The molecule has 0 amide bonds. The van der Waals surface area contributed by atoms with E-state index in [1.165, 1.54) is 49.8 Å². The van der Waals surface area contributed by atoms with Crippen LogP contribution in [0.25, 0.3) is 0 Å². The number of hydrogen-bond donors (Lipinski definition) is 3. The van der Waals surface area contributed by atoms with Gasteiger partial charge in [-0.3, -0.25) is 4.98 Å². The fraction of sp³-hybridized carbons (Fsp3) is 0.552. The van der Waals surface area contributed by atoms with Crippen molar-refractivity contribution in [2.24, 2.45) is 0 Å². The van der Waals surface area contributed by atoms with Gasteiger partial charge in [-0.15, -0.1) is 0 Å². The van der Waals surface area contributed by atoms with Crippen molar-refractivity contribution < 1.29 is 9.59 Å². The molecule has 0 spiro atoms. The van der Waals surface area contributed by atoms with Gasteiger partial charge in [0.05, 0.1) is 6.04 Å². The zero-order valence-corrected chi connectivity index (χ0v) is 21.9. The number of rotatable bonds is 6. The van der Waals surface area contributed by atoms with Crippen molar-refractivity contribution in [3.63, 3.8) is 0 Å². The van der Waals surface area contributed by atoms with Crippen LogP contribution >= 0.6 is 0 Å². The summed E-state index contributed by atoms with van der Waals surface area (Å²) in [5.74, 6) is 0. The number of nitrogens with zero attached hydrogens (tertiary/aromatic N) is 2. The van der Waals surface area contributed by atoms with Crippen molar-refractivity contribution >= 4 is 23.9 Å². The summed E-state index contributed by atoms with van der Waals surface area (Å²) < 4.78 is 0. The van der Waals surface area contributed by atoms with Crippen LogP contribution in [0.15, 0.2) is 42.7 Å². The predicted molar refractivity (Wildman–Crippen MR) is 148 cm³/mol. The lowest BCUT2D eigenvalue weighted by Crippen LogP contribution is -2.26. The number of hydrogen-bond acceptors (Lipinski definition) is 7. The van der Waals surface area contributed by atoms with Crippen LogP contribution in [-0.4, -0.2) is 56.8 Å². The second-order valence-electron chi connectivity index (χ2n) is 9.81. The number of benzene rings is 1. The fourth-order valence-electron chi connectivity index (χ4n) is 4.99. The number of aldehydes is 2. The monoisotopic (exact) mass is 493 g/mol. The maximum Gasteiger partial charge on any atom is 0.147 e. The first kappa shape index (κ1) is 27.8. The van der Waals surface area contributed by atoms with E-state index in [9.17, 15) is 9.59 Å². The topological polar surface area (TPSA) is 86.4 Å². The SMILES string of the molecule is CN(c1ccc2c(c1)NCCC2)C(C=O)c1cccnc1.CNC1CCCCC1.O=CC1CCCN1. The molecule has 1 saturated heterocycles. The molecule has 7 nitrogen and oxygen atoms in total. The van der Waals surface area contributed by atoms with E-state index in [0.717, 1.165) is 62.2 Å². The van der Waals surface area contributed by atoms with E-state index in [-0.39, 0.29) is 12.1 Å². The summed E-state index contributed by atoms with van der Waals surface area (Å²) >= 11 is 0. The highest BCUT2D eigenvalue weighted by Crippen LogP contribution is 2.30. The number of carbonyl (C=O) groups excluding carboxylic acids is 2. The van der Waals surface area contributed by atoms with Gasteiger partial charge in [0.25, 0.3) is 0 Å². The van der Waals surface area contributed by atoms with Gasteiger partial charge < -0.3 is 30.4 Å². The van der Waals surface area contributed by atoms with E-state index in [4.69, 9.17) is 0 Å². The molecule has 1 aromatic carbocycles. The minimum atomic E-state index is -0.319. The zero-order valence-electron chi connectivity index (χ0n) is 21.9. The number of fused-ring (bicyclic) bond motifs is 1. The van der Waals surface area contributed by atoms with Crippen molar-refractivity contribution in [2.75, 3.05) is 37.4 Å². The molecule has 2 aliphatic heterocycles. The van der Waals surface area contributed by atoms with Gasteiger partial charge in [0, 0.05) is 43.4 Å². The molecule has 2 atom stereocenters. The van der Waals surface area contributed by atoms with Gasteiger partial charge in [0.1, 0.15) is 18.6 Å². The standard InChI is InChI=1S/C17H19N3O.C7H15N.C5H9NO/c1-20(17(12-21)14-5-2-8-18-11-14)15-7-6-13-4-3-9-19-16(13)10-15;1-8-7-5-3-2-4-6-7;7-4-5-2-1-3-6-5/h2,5-8,10-12,17,19H,3-4,9H2,1H3;7-8H,2-6H2,1H3;4-6H,1-3H2. The number of pyridine rings is 1. The maximum atomic E-state index is 11.5. The summed E-state index contributed by atoms with van der Waals surface area (Å²) in [6.45, 7) is 2.03. The molecule has 7 heteroatoms. The molecule has 1 aromatic heterocycles. The van der Waals surface area contributed by atoms with Crippen LogP contribution in [0.1, 0.15) is 68.5 Å². The Morgan fingerprint density at radius 2 is 1.89 bits per heavy atom. The first-order chi connectivity index (χ1) is 17.7. The van der Waals surface area contributed by atoms with Crippen molar-refractivity contribution in [2.45, 2.75) is 75.9 Å². The molecular weight excluding hydrogens is 450 g/mol. The third kappa shape index (κ3) is 8.42. The van der Waals surface area contributed by atoms with Crippen molar-refractivity contribution in [1.82, 2.24) is 15.6 Å². The Morgan fingerprint density at radius 3 is 2.47 bits per heavy atom. The lowest BCUT2D eigenvalue weighted by molar-refractivity contribution is -0.109. The van der Waals surface area contributed by atoms with E-state index in [1.807, 2.05) is 24.1 Å². The molecule has 2 aromatic rings. The molecule has 2 unspecified atom stereocenters. The van der Waals surface area contributed by atoms with Crippen LogP contribution in [0.2, 0.25) is 0 Å². The Labute approximate surface area is 216 Å². The van der Waals surface area contributed by atoms with Gasteiger partial charge in [-0.05, 0) is 81.4 Å². The molecule has 0 bridgehead atoms. The molecule has 5 rings (SSSR count). The average Bonchev–Trinajstić information content (AvgIpc) is 3.49. The first-order valence-corrected chi connectivity index (χ1v) is 13.5. The maximum absolute atomic E-state index is 11.5. The second kappa shape index (κ2) is 15.4. The van der Waals surface area contributed by atoms with E-state index in [2.05, 4.69) is 46.2 Å². The molecule has 36 heavy (non-hydrogen) atoms. The van der Waals surface area contributed by atoms with Crippen LogP contribution in [-0.2, 0) is 16.0 Å². The van der Waals surface area contributed by atoms with E-state index in [0.29, 0.717) is 0 Å². The van der Waals surface area contributed by atoms with Crippen LogP contribution in [0.5, 0.6) is 0 Å². The molecule has 1 aliphatic carbocycles. The first-order valence-electron chi connectivity index (χ1n) is 13.5. The van der Waals surface area contributed by atoms with Gasteiger partial charge in [-0.2, -0.15) is 0 Å². The Bertz CT molecular complexity index is 911. The number of nitrogens with one attached hydrogen (secondary N) is 3. The third-order valence-corrected chi connectivity index (χ3v) is 7.29.